The van der Waals surface area contributed by atoms with Gasteiger partial charge in [0, 0.05) is 16.6 Å². The Labute approximate surface area is 127 Å². The first kappa shape index (κ1) is 16.9. The van der Waals surface area contributed by atoms with Crippen molar-refractivity contribution >= 4 is 27.5 Å². The standard InChI is InChI=1S/C14H20BrClFNO/c1-4-14(5-2,19-6-3)13(18)9-7-8-10(15)11(16)12(9)17/h7-8,13H,4-6,18H2,1-3H3. The fourth-order valence-electron chi connectivity index (χ4n) is 2.34. The topological polar surface area (TPSA) is 35.2 Å². The maximum absolute atomic E-state index is 14.3. The highest BCUT2D eigenvalue weighted by atomic mass is 79.9. The Balaban J connectivity index is 3.24. The zero-order valence-electron chi connectivity index (χ0n) is 11.5. The minimum absolute atomic E-state index is 0.0607. The van der Waals surface area contributed by atoms with Crippen molar-refractivity contribution in [3.63, 3.8) is 0 Å². The second-order valence-corrected chi connectivity index (χ2v) is 5.68. The number of halogens is 3. The lowest BCUT2D eigenvalue weighted by Crippen LogP contribution is -2.43. The third kappa shape index (κ3) is 3.30. The molecule has 1 atom stereocenters. The number of rotatable bonds is 6. The van der Waals surface area contributed by atoms with Gasteiger partial charge in [-0.2, -0.15) is 0 Å². The molecule has 19 heavy (non-hydrogen) atoms. The van der Waals surface area contributed by atoms with E-state index in [1.54, 1.807) is 12.1 Å². The number of nitrogens with two attached hydrogens (primary N) is 1. The number of ether oxygens (including phenoxy) is 1. The SMILES string of the molecule is CCOC(CC)(CC)C(N)c1ccc(Br)c(Cl)c1F. The van der Waals surface area contributed by atoms with Crippen LogP contribution in [0.5, 0.6) is 0 Å². The van der Waals surface area contributed by atoms with Crippen LogP contribution in [0.15, 0.2) is 16.6 Å². The Hall–Kier alpha value is -0.160. The second-order valence-electron chi connectivity index (χ2n) is 4.45. The van der Waals surface area contributed by atoms with Crippen molar-refractivity contribution in [1.82, 2.24) is 0 Å². The predicted octanol–water partition coefficient (Wildman–Crippen LogP) is 4.84. The van der Waals surface area contributed by atoms with E-state index >= 15 is 0 Å². The first-order chi connectivity index (χ1) is 8.93. The lowest BCUT2D eigenvalue weighted by atomic mass is 9.84. The molecule has 108 valence electrons. The van der Waals surface area contributed by atoms with Crippen LogP contribution in [-0.2, 0) is 4.74 Å². The fraction of sp³-hybridized carbons (Fsp3) is 0.571. The van der Waals surface area contributed by atoms with Gasteiger partial charge >= 0.3 is 0 Å². The molecule has 0 aromatic heterocycles. The van der Waals surface area contributed by atoms with Crippen LogP contribution in [0.2, 0.25) is 5.02 Å². The van der Waals surface area contributed by atoms with Gasteiger partial charge < -0.3 is 10.5 Å². The molecule has 0 aliphatic carbocycles. The summed E-state index contributed by atoms with van der Waals surface area (Å²) < 4.78 is 20.6. The summed E-state index contributed by atoms with van der Waals surface area (Å²) >= 11 is 9.12. The largest absolute Gasteiger partial charge is 0.373 e. The predicted molar refractivity (Wildman–Crippen MR) is 81.0 cm³/mol. The quantitative estimate of drug-likeness (QED) is 0.744. The van der Waals surface area contributed by atoms with Gasteiger partial charge in [-0.3, -0.25) is 0 Å². The third-order valence-corrected chi connectivity index (χ3v) is 4.85. The summed E-state index contributed by atoms with van der Waals surface area (Å²) in [5.41, 5.74) is 6.09. The molecule has 1 rings (SSSR count). The van der Waals surface area contributed by atoms with E-state index in [2.05, 4.69) is 15.9 Å². The van der Waals surface area contributed by atoms with Crippen LogP contribution in [0.3, 0.4) is 0 Å². The van der Waals surface area contributed by atoms with Crippen molar-refractivity contribution in [3.8, 4) is 0 Å². The van der Waals surface area contributed by atoms with Gasteiger partial charge in [0.25, 0.3) is 0 Å². The molecule has 0 heterocycles. The molecule has 0 radical (unpaired) electrons. The third-order valence-electron chi connectivity index (χ3n) is 3.60. The van der Waals surface area contributed by atoms with Crippen molar-refractivity contribution in [2.45, 2.75) is 45.3 Å². The molecule has 0 saturated heterocycles. The minimum atomic E-state index is -0.563. The van der Waals surface area contributed by atoms with Gasteiger partial charge in [0.1, 0.15) is 5.82 Å². The zero-order chi connectivity index (χ0) is 14.6. The fourth-order valence-corrected chi connectivity index (χ4v) is 2.81. The summed E-state index contributed by atoms with van der Waals surface area (Å²) in [6.45, 7) is 6.45. The lowest BCUT2D eigenvalue weighted by molar-refractivity contribution is -0.0652. The molecule has 0 aliphatic rings. The Bertz CT molecular complexity index is 438. The molecule has 0 fully saturated rings. The number of hydrogen-bond acceptors (Lipinski definition) is 2. The van der Waals surface area contributed by atoms with Crippen LogP contribution >= 0.6 is 27.5 Å². The first-order valence-corrected chi connectivity index (χ1v) is 7.63. The second kappa shape index (κ2) is 7.02. The highest BCUT2D eigenvalue weighted by molar-refractivity contribution is 9.10. The van der Waals surface area contributed by atoms with E-state index in [4.69, 9.17) is 22.1 Å². The Morgan fingerprint density at radius 2 is 1.95 bits per heavy atom. The van der Waals surface area contributed by atoms with Crippen LogP contribution in [0.4, 0.5) is 4.39 Å². The average molecular weight is 353 g/mol. The Kier molecular flexibility index (Phi) is 6.24. The van der Waals surface area contributed by atoms with Gasteiger partial charge in [0.2, 0.25) is 0 Å². The van der Waals surface area contributed by atoms with Crippen molar-refractivity contribution < 1.29 is 9.13 Å². The molecular weight excluding hydrogens is 333 g/mol. The van der Waals surface area contributed by atoms with Crippen molar-refractivity contribution in [2.75, 3.05) is 6.61 Å². The molecule has 1 aromatic carbocycles. The Morgan fingerprint density at radius 3 is 2.42 bits per heavy atom. The lowest BCUT2D eigenvalue weighted by Gasteiger charge is -2.37. The highest BCUT2D eigenvalue weighted by Gasteiger charge is 2.37. The molecule has 0 bridgehead atoms. The summed E-state index contributed by atoms with van der Waals surface area (Å²) in [6.07, 6.45) is 1.43. The first-order valence-electron chi connectivity index (χ1n) is 6.46. The van der Waals surface area contributed by atoms with Crippen LogP contribution in [-0.4, -0.2) is 12.2 Å². The smallest absolute Gasteiger partial charge is 0.147 e. The van der Waals surface area contributed by atoms with E-state index in [0.29, 0.717) is 29.5 Å². The highest BCUT2D eigenvalue weighted by Crippen LogP contribution is 2.38. The van der Waals surface area contributed by atoms with Gasteiger partial charge in [0.15, 0.2) is 0 Å². The van der Waals surface area contributed by atoms with Crippen LogP contribution in [0, 0.1) is 5.82 Å². The molecule has 5 heteroatoms. The number of benzene rings is 1. The van der Waals surface area contributed by atoms with E-state index in [1.165, 1.54) is 0 Å². The molecule has 0 amide bonds. The van der Waals surface area contributed by atoms with Crippen molar-refractivity contribution in [3.05, 3.63) is 33.0 Å². The molecule has 0 saturated carbocycles. The van der Waals surface area contributed by atoms with Crippen LogP contribution in [0.25, 0.3) is 0 Å². The summed E-state index contributed by atoms with van der Waals surface area (Å²) in [5.74, 6) is -0.477. The molecular formula is C14H20BrClFNO. The van der Waals surface area contributed by atoms with E-state index in [0.717, 1.165) is 0 Å². The van der Waals surface area contributed by atoms with Gasteiger partial charge in [-0.1, -0.05) is 31.5 Å². The van der Waals surface area contributed by atoms with E-state index in [1.807, 2.05) is 20.8 Å². The summed E-state index contributed by atoms with van der Waals surface area (Å²) in [7, 11) is 0. The van der Waals surface area contributed by atoms with Gasteiger partial charge in [-0.05, 0) is 41.8 Å². The summed E-state index contributed by atoms with van der Waals surface area (Å²) in [6, 6.07) is 2.82. The Morgan fingerprint density at radius 1 is 1.37 bits per heavy atom. The van der Waals surface area contributed by atoms with E-state index < -0.39 is 17.5 Å². The molecule has 0 spiro atoms. The molecule has 2 N–H and O–H groups in total. The molecule has 1 aromatic rings. The molecule has 1 unspecified atom stereocenters. The van der Waals surface area contributed by atoms with Gasteiger partial charge in [-0.15, -0.1) is 0 Å². The van der Waals surface area contributed by atoms with Crippen LogP contribution in [0.1, 0.15) is 45.2 Å². The average Bonchev–Trinajstić information content (AvgIpc) is 2.42. The molecule has 0 aliphatic heterocycles. The zero-order valence-corrected chi connectivity index (χ0v) is 13.8. The maximum Gasteiger partial charge on any atom is 0.147 e. The monoisotopic (exact) mass is 351 g/mol. The van der Waals surface area contributed by atoms with Crippen molar-refractivity contribution in [2.24, 2.45) is 5.73 Å². The van der Waals surface area contributed by atoms with E-state index in [-0.39, 0.29) is 5.02 Å². The summed E-state index contributed by atoms with van der Waals surface area (Å²) in [4.78, 5) is 0. The maximum atomic E-state index is 14.3. The van der Waals surface area contributed by atoms with Crippen molar-refractivity contribution in [1.29, 1.82) is 0 Å². The van der Waals surface area contributed by atoms with Gasteiger partial charge in [-0.25, -0.2) is 4.39 Å². The molecule has 2 nitrogen and oxygen atoms in total. The summed E-state index contributed by atoms with van der Waals surface area (Å²) in [5, 5.41) is 0.0607. The number of hydrogen-bond donors (Lipinski definition) is 1. The van der Waals surface area contributed by atoms with Gasteiger partial charge in [0.05, 0.1) is 16.7 Å². The van der Waals surface area contributed by atoms with E-state index in [9.17, 15) is 4.39 Å². The minimum Gasteiger partial charge on any atom is -0.373 e. The normalized spacial score (nSPS) is 13.6. The van der Waals surface area contributed by atoms with Crippen LogP contribution < -0.4 is 5.73 Å².